The number of hydrogen-bond donors (Lipinski definition) is 0. The van der Waals surface area contributed by atoms with Crippen molar-refractivity contribution in [3.8, 4) is 0 Å². The molecular formula is C17H12F16O. The molecule has 0 bridgehead atoms. The zero-order valence-electron chi connectivity index (χ0n) is 16.5. The molecule has 1 nitrogen and oxygen atoms in total. The number of alkyl halides is 15. The summed E-state index contributed by atoms with van der Waals surface area (Å²) < 4.78 is 217. The smallest absolute Gasteiger partial charge is 0.374 e. The van der Waals surface area contributed by atoms with Gasteiger partial charge in [-0.25, -0.2) is 4.39 Å². The van der Waals surface area contributed by atoms with Gasteiger partial charge >= 0.3 is 41.7 Å². The summed E-state index contributed by atoms with van der Waals surface area (Å²) in [4.78, 5) is 0. The molecule has 0 saturated heterocycles. The van der Waals surface area contributed by atoms with Crippen LogP contribution in [-0.4, -0.2) is 48.8 Å². The third kappa shape index (κ3) is 4.27. The van der Waals surface area contributed by atoms with Gasteiger partial charge < -0.3 is 4.74 Å². The van der Waals surface area contributed by atoms with Gasteiger partial charge in [-0.3, -0.25) is 0 Å². The van der Waals surface area contributed by atoms with Crippen molar-refractivity contribution in [1.82, 2.24) is 0 Å². The normalized spacial score (nSPS) is 17.0. The van der Waals surface area contributed by atoms with Gasteiger partial charge in [-0.15, -0.1) is 0 Å². The van der Waals surface area contributed by atoms with Gasteiger partial charge in [0.05, 0.1) is 12.0 Å². The van der Waals surface area contributed by atoms with E-state index in [1.165, 1.54) is 0 Å². The molecular weight excluding hydrogens is 524 g/mol. The van der Waals surface area contributed by atoms with Crippen LogP contribution in [0, 0.1) is 5.82 Å². The van der Waals surface area contributed by atoms with E-state index < -0.39 is 65.1 Å². The first-order chi connectivity index (χ1) is 14.8. The van der Waals surface area contributed by atoms with Crippen LogP contribution in [0.25, 0.3) is 0 Å². The lowest BCUT2D eigenvalue weighted by Gasteiger charge is -2.43. The van der Waals surface area contributed by atoms with Crippen LogP contribution < -0.4 is 0 Å². The Balaban J connectivity index is 3.58. The SMILES string of the molecule is COC(C)(CC(F)(F)C(F)(F)C(F)(F)C(F)(F)C(F)(F)C(F)(F)C(F)(F)F)c1ccc(F)cc1. The maximum absolute atomic E-state index is 14.2. The Hall–Kier alpha value is -1.94. The minimum atomic E-state index is -8.36. The molecule has 17 heteroatoms. The molecule has 0 aliphatic heterocycles. The van der Waals surface area contributed by atoms with Gasteiger partial charge in [0.15, 0.2) is 0 Å². The summed E-state index contributed by atoms with van der Waals surface area (Å²) in [6.07, 6.45) is -10.4. The standard InChI is InChI=1S/C17H12F16O/c1-10(34-2,8-3-5-9(18)6-4-8)7-11(19,20)12(21,22)13(23,24)14(25,26)15(27,28)16(29,30)17(31,32)33/h3-6H,7H2,1-2H3. The number of hydrogen-bond acceptors (Lipinski definition) is 1. The van der Waals surface area contributed by atoms with Crippen molar-refractivity contribution < 1.29 is 75.0 Å². The molecule has 0 amide bonds. The number of ether oxygens (including phenoxy) is 1. The number of methoxy groups -OCH3 is 1. The quantitative estimate of drug-likeness (QED) is 0.298. The fraction of sp³-hybridized carbons (Fsp3) is 0.647. The molecule has 0 radical (unpaired) electrons. The van der Waals surface area contributed by atoms with Crippen LogP contribution in [-0.2, 0) is 10.3 Å². The summed E-state index contributed by atoms with van der Waals surface area (Å²) in [5.41, 5.74) is -3.47. The highest BCUT2D eigenvalue weighted by Gasteiger charge is 2.93. The highest BCUT2D eigenvalue weighted by Crippen LogP contribution is 2.63. The predicted molar refractivity (Wildman–Crippen MR) is 81.1 cm³/mol. The minimum Gasteiger partial charge on any atom is -0.374 e. The largest absolute Gasteiger partial charge is 0.460 e. The van der Waals surface area contributed by atoms with Crippen molar-refractivity contribution in [3.05, 3.63) is 35.6 Å². The molecule has 0 N–H and O–H groups in total. The van der Waals surface area contributed by atoms with E-state index in [1.807, 2.05) is 0 Å². The van der Waals surface area contributed by atoms with Crippen LogP contribution in [0.1, 0.15) is 18.9 Å². The lowest BCUT2D eigenvalue weighted by molar-refractivity contribution is -0.453. The van der Waals surface area contributed by atoms with E-state index in [2.05, 4.69) is 4.74 Å². The number of benzene rings is 1. The topological polar surface area (TPSA) is 9.23 Å². The lowest BCUT2D eigenvalue weighted by Crippen LogP contribution is -2.72. The Morgan fingerprint density at radius 3 is 1.29 bits per heavy atom. The fourth-order valence-corrected chi connectivity index (χ4v) is 2.63. The van der Waals surface area contributed by atoms with E-state index in [9.17, 15) is 70.2 Å². The van der Waals surface area contributed by atoms with Crippen molar-refractivity contribution in [3.63, 3.8) is 0 Å². The zero-order valence-corrected chi connectivity index (χ0v) is 16.5. The minimum absolute atomic E-state index is 0.479. The Labute approximate surface area is 179 Å². The third-order valence-electron chi connectivity index (χ3n) is 4.86. The highest BCUT2D eigenvalue weighted by molar-refractivity contribution is 5.24. The Morgan fingerprint density at radius 2 is 0.941 bits per heavy atom. The van der Waals surface area contributed by atoms with Crippen molar-refractivity contribution in [2.24, 2.45) is 0 Å². The van der Waals surface area contributed by atoms with Gasteiger partial charge in [-0.2, -0.15) is 65.9 Å². The monoisotopic (exact) mass is 536 g/mol. The molecule has 0 spiro atoms. The molecule has 1 rings (SSSR count). The second-order valence-electron chi connectivity index (χ2n) is 7.19. The van der Waals surface area contributed by atoms with Crippen LogP contribution in [0.3, 0.4) is 0 Å². The average Bonchev–Trinajstić information content (AvgIpc) is 2.66. The molecule has 0 saturated carbocycles. The molecule has 1 aromatic carbocycles. The van der Waals surface area contributed by atoms with Crippen molar-refractivity contribution in [2.75, 3.05) is 7.11 Å². The Kier molecular flexibility index (Phi) is 7.37. The molecule has 0 heterocycles. The molecule has 198 valence electrons. The Morgan fingerprint density at radius 1 is 0.588 bits per heavy atom. The van der Waals surface area contributed by atoms with Crippen LogP contribution >= 0.6 is 0 Å². The van der Waals surface area contributed by atoms with E-state index in [4.69, 9.17) is 0 Å². The summed E-state index contributed by atoms with van der Waals surface area (Å²) in [5, 5.41) is 0. The second kappa shape index (κ2) is 8.33. The van der Waals surface area contributed by atoms with E-state index in [1.54, 1.807) is 0 Å². The van der Waals surface area contributed by atoms with Gasteiger partial charge in [0.1, 0.15) is 5.82 Å². The van der Waals surface area contributed by atoms with Gasteiger partial charge in [-0.1, -0.05) is 12.1 Å². The van der Waals surface area contributed by atoms with Crippen LogP contribution in [0.15, 0.2) is 24.3 Å². The molecule has 0 aliphatic rings. The van der Waals surface area contributed by atoms with Gasteiger partial charge in [-0.05, 0) is 24.6 Å². The van der Waals surface area contributed by atoms with E-state index in [0.717, 1.165) is 0 Å². The summed E-state index contributed by atoms with van der Waals surface area (Å²) in [5.74, 6) is -48.0. The maximum atomic E-state index is 14.2. The van der Waals surface area contributed by atoms with Crippen molar-refractivity contribution >= 4 is 0 Å². The molecule has 1 atom stereocenters. The highest BCUT2D eigenvalue weighted by atomic mass is 19.4. The summed E-state index contributed by atoms with van der Waals surface area (Å²) >= 11 is 0. The molecule has 0 aromatic heterocycles. The first kappa shape index (κ1) is 30.1. The average molecular weight is 536 g/mol. The first-order valence-corrected chi connectivity index (χ1v) is 8.41. The van der Waals surface area contributed by atoms with E-state index in [0.29, 0.717) is 38.3 Å². The zero-order chi connectivity index (χ0) is 27.4. The number of halogens is 16. The molecule has 1 unspecified atom stereocenters. The molecule has 0 aliphatic carbocycles. The fourth-order valence-electron chi connectivity index (χ4n) is 2.63. The lowest BCUT2D eigenvalue weighted by atomic mass is 9.83. The summed E-state index contributed by atoms with van der Waals surface area (Å²) in [6.45, 7) is 0.479. The molecule has 1 aromatic rings. The van der Waals surface area contributed by atoms with Crippen molar-refractivity contribution in [2.45, 2.75) is 60.7 Å². The van der Waals surface area contributed by atoms with Gasteiger partial charge in [0, 0.05) is 7.11 Å². The van der Waals surface area contributed by atoms with Gasteiger partial charge in [0.25, 0.3) is 0 Å². The third-order valence-corrected chi connectivity index (χ3v) is 4.86. The van der Waals surface area contributed by atoms with Crippen LogP contribution in [0.5, 0.6) is 0 Å². The number of rotatable bonds is 9. The second-order valence-corrected chi connectivity index (χ2v) is 7.19. The van der Waals surface area contributed by atoms with Crippen LogP contribution in [0.4, 0.5) is 70.2 Å². The molecule has 0 fully saturated rings. The summed E-state index contributed by atoms with van der Waals surface area (Å²) in [6, 6.07) is 2.31. The van der Waals surface area contributed by atoms with Crippen LogP contribution in [0.2, 0.25) is 0 Å². The predicted octanol–water partition coefficient (Wildman–Crippen LogP) is 7.45. The van der Waals surface area contributed by atoms with E-state index >= 15 is 0 Å². The first-order valence-electron chi connectivity index (χ1n) is 8.41. The molecule has 34 heavy (non-hydrogen) atoms. The van der Waals surface area contributed by atoms with Crippen molar-refractivity contribution in [1.29, 1.82) is 0 Å². The van der Waals surface area contributed by atoms with Gasteiger partial charge in [0.2, 0.25) is 0 Å². The van der Waals surface area contributed by atoms with E-state index in [-0.39, 0.29) is 0 Å². The summed E-state index contributed by atoms with van der Waals surface area (Å²) in [7, 11) is 0.516. The Bertz CT molecular complexity index is 857. The maximum Gasteiger partial charge on any atom is 0.460 e.